The zero-order valence-electron chi connectivity index (χ0n) is 9.72. The third-order valence-electron chi connectivity index (χ3n) is 1.63. The molecule has 0 spiro atoms. The van der Waals surface area contributed by atoms with E-state index in [0.717, 1.165) is 19.4 Å². The van der Waals surface area contributed by atoms with Crippen molar-refractivity contribution in [1.29, 1.82) is 0 Å². The Balaban J connectivity index is 3.63. The van der Waals surface area contributed by atoms with E-state index in [1.165, 1.54) is 0 Å². The first-order valence-electron chi connectivity index (χ1n) is 5.25. The van der Waals surface area contributed by atoms with Crippen LogP contribution in [-0.2, 0) is 8.85 Å². The molecular weight excluding hydrogens is 196 g/mol. The van der Waals surface area contributed by atoms with Gasteiger partial charge in [0.15, 0.2) is 18.1 Å². The van der Waals surface area contributed by atoms with Crippen LogP contribution in [0.1, 0.15) is 26.7 Å². The lowest BCUT2D eigenvalue weighted by molar-refractivity contribution is 0.226. The lowest BCUT2D eigenvalue weighted by Crippen LogP contribution is -2.35. The Morgan fingerprint density at radius 1 is 1.23 bits per heavy atom. The molecule has 0 N–H and O–H groups in total. The molecule has 1 unspecified atom stereocenters. The molecule has 0 fully saturated rings. The first-order chi connectivity index (χ1) is 5.99. The Hall–Kier alpha value is 0.354. The number of rotatable bonds is 7. The normalized spacial score (nSPS) is 15.5. The lowest BCUT2D eigenvalue weighted by Gasteiger charge is -2.24. The zero-order chi connectivity index (χ0) is 10.3. The molecule has 0 aliphatic heterocycles. The second-order valence-corrected chi connectivity index (χ2v) is 10.4. The Kier molecular flexibility index (Phi) is 6.94. The van der Waals surface area contributed by atoms with Crippen molar-refractivity contribution in [3.8, 4) is 0 Å². The summed E-state index contributed by atoms with van der Waals surface area (Å²) in [6.45, 7) is 12.0. The molecule has 0 heterocycles. The summed E-state index contributed by atoms with van der Waals surface area (Å²) in [5, 5.41) is 0. The molecule has 0 saturated carbocycles. The topological polar surface area (TPSA) is 18.5 Å². The maximum atomic E-state index is 6.01. The quantitative estimate of drug-likeness (QED) is 0.483. The molecule has 0 aliphatic rings. The highest BCUT2D eigenvalue weighted by Crippen LogP contribution is 2.09. The Morgan fingerprint density at radius 2 is 1.85 bits per heavy atom. The van der Waals surface area contributed by atoms with Crippen LogP contribution in [0.5, 0.6) is 0 Å². The van der Waals surface area contributed by atoms with Crippen LogP contribution in [0.4, 0.5) is 0 Å². The zero-order valence-corrected chi connectivity index (χ0v) is 12.1. The summed E-state index contributed by atoms with van der Waals surface area (Å²) < 4.78 is 11.6. The summed E-state index contributed by atoms with van der Waals surface area (Å²) in [6.07, 6.45) is 2.23. The van der Waals surface area contributed by atoms with Crippen molar-refractivity contribution in [2.45, 2.75) is 52.1 Å². The van der Waals surface area contributed by atoms with Gasteiger partial charge in [-0.15, -0.1) is 0 Å². The van der Waals surface area contributed by atoms with Gasteiger partial charge in [-0.05, 0) is 32.5 Å². The van der Waals surface area contributed by atoms with Gasteiger partial charge in [0.2, 0.25) is 0 Å². The van der Waals surface area contributed by atoms with Gasteiger partial charge in [0, 0.05) is 6.61 Å². The summed E-state index contributed by atoms with van der Waals surface area (Å²) >= 11 is 0. The van der Waals surface area contributed by atoms with E-state index in [0.29, 0.717) is 5.73 Å². The van der Waals surface area contributed by atoms with Crippen LogP contribution < -0.4 is 0 Å². The molecule has 0 rings (SSSR count). The molecule has 0 saturated heterocycles. The van der Waals surface area contributed by atoms with Crippen LogP contribution in [0.25, 0.3) is 0 Å². The molecule has 0 radical (unpaired) electrons. The molecule has 0 bridgehead atoms. The molecule has 13 heavy (non-hydrogen) atoms. The maximum Gasteiger partial charge on any atom is 0.188 e. The summed E-state index contributed by atoms with van der Waals surface area (Å²) in [7, 11) is -1.80. The van der Waals surface area contributed by atoms with E-state index < -0.39 is 18.1 Å². The first kappa shape index (κ1) is 13.4. The average Bonchev–Trinajstić information content (AvgIpc) is 2.01. The summed E-state index contributed by atoms with van der Waals surface area (Å²) in [4.78, 5) is 0. The minimum absolute atomic E-state index is 0.443. The molecule has 0 aromatic heterocycles. The van der Waals surface area contributed by atoms with Gasteiger partial charge in [-0.3, -0.25) is 0 Å². The summed E-state index contributed by atoms with van der Waals surface area (Å²) in [5.41, 5.74) is 0.443. The van der Waals surface area contributed by atoms with Crippen LogP contribution in [0, 0.1) is 0 Å². The van der Waals surface area contributed by atoms with E-state index in [4.69, 9.17) is 8.85 Å². The van der Waals surface area contributed by atoms with Crippen molar-refractivity contribution in [1.82, 2.24) is 0 Å². The molecule has 80 valence electrons. The van der Waals surface area contributed by atoms with E-state index in [1.54, 1.807) is 0 Å². The Labute approximate surface area is 86.1 Å². The van der Waals surface area contributed by atoms with Crippen LogP contribution in [0.2, 0.25) is 19.6 Å². The smallest absolute Gasteiger partial charge is 0.188 e. The first-order valence-corrected chi connectivity index (χ1v) is 10.0. The fourth-order valence-corrected chi connectivity index (χ4v) is 4.99. The van der Waals surface area contributed by atoms with Gasteiger partial charge >= 0.3 is 0 Å². The number of hydrogen-bond acceptors (Lipinski definition) is 2. The third kappa shape index (κ3) is 8.68. The van der Waals surface area contributed by atoms with Crippen molar-refractivity contribution >= 4 is 18.1 Å². The fraction of sp³-hybridized carbons (Fsp3) is 1.00. The van der Waals surface area contributed by atoms with Crippen molar-refractivity contribution in [3.63, 3.8) is 0 Å². The second kappa shape index (κ2) is 6.76. The molecular formula is C9H24O2Si2. The van der Waals surface area contributed by atoms with Crippen LogP contribution >= 0.6 is 0 Å². The molecule has 4 heteroatoms. The van der Waals surface area contributed by atoms with Gasteiger partial charge in [-0.1, -0.05) is 13.8 Å². The highest BCUT2D eigenvalue weighted by Gasteiger charge is 2.20. The summed E-state index contributed by atoms with van der Waals surface area (Å²) in [5.74, 6) is 0. The predicted octanol–water partition coefficient (Wildman–Crippen LogP) is 2.08. The molecule has 0 aromatic rings. The fourth-order valence-electron chi connectivity index (χ4n) is 1.09. The molecule has 0 aromatic carbocycles. The van der Waals surface area contributed by atoms with Gasteiger partial charge < -0.3 is 8.85 Å². The van der Waals surface area contributed by atoms with Gasteiger partial charge in [-0.25, -0.2) is 0 Å². The van der Waals surface area contributed by atoms with Crippen LogP contribution in [0.15, 0.2) is 0 Å². The Bertz CT molecular complexity index is 123. The van der Waals surface area contributed by atoms with Crippen molar-refractivity contribution in [2.24, 2.45) is 0 Å². The minimum atomic E-state index is -1.35. The molecule has 2 nitrogen and oxygen atoms in total. The van der Waals surface area contributed by atoms with Crippen molar-refractivity contribution < 1.29 is 8.85 Å². The average molecular weight is 220 g/mol. The standard InChI is InChI=1S/C9H24O2Si2/c1-6-8-10-12-9(7-2)11-13(3,4)5/h9H,6-8,12H2,1-5H3. The predicted molar refractivity (Wildman–Crippen MR) is 63.3 cm³/mol. The van der Waals surface area contributed by atoms with E-state index in [9.17, 15) is 0 Å². The van der Waals surface area contributed by atoms with E-state index >= 15 is 0 Å². The summed E-state index contributed by atoms with van der Waals surface area (Å²) in [6, 6.07) is 0. The minimum Gasteiger partial charge on any atom is -0.421 e. The Morgan fingerprint density at radius 3 is 2.23 bits per heavy atom. The third-order valence-corrected chi connectivity index (χ3v) is 4.64. The van der Waals surface area contributed by atoms with Crippen molar-refractivity contribution in [3.05, 3.63) is 0 Å². The maximum absolute atomic E-state index is 6.01. The van der Waals surface area contributed by atoms with E-state index in [-0.39, 0.29) is 0 Å². The van der Waals surface area contributed by atoms with E-state index in [2.05, 4.69) is 33.5 Å². The van der Waals surface area contributed by atoms with Gasteiger partial charge in [-0.2, -0.15) is 0 Å². The van der Waals surface area contributed by atoms with E-state index in [1.807, 2.05) is 0 Å². The second-order valence-electron chi connectivity index (χ2n) is 4.34. The highest BCUT2D eigenvalue weighted by molar-refractivity contribution is 6.70. The van der Waals surface area contributed by atoms with Gasteiger partial charge in [0.05, 0.1) is 5.73 Å². The van der Waals surface area contributed by atoms with Crippen LogP contribution in [-0.4, -0.2) is 30.4 Å². The largest absolute Gasteiger partial charge is 0.421 e. The number of hydrogen-bond donors (Lipinski definition) is 0. The molecule has 0 amide bonds. The van der Waals surface area contributed by atoms with Gasteiger partial charge in [0.1, 0.15) is 0 Å². The molecule has 0 aliphatic carbocycles. The van der Waals surface area contributed by atoms with Crippen molar-refractivity contribution in [2.75, 3.05) is 6.61 Å². The van der Waals surface area contributed by atoms with Crippen LogP contribution in [0.3, 0.4) is 0 Å². The monoisotopic (exact) mass is 220 g/mol. The van der Waals surface area contributed by atoms with Gasteiger partial charge in [0.25, 0.3) is 0 Å². The highest BCUT2D eigenvalue weighted by atomic mass is 28.4. The SMILES string of the molecule is CCCO[SiH2]C(CC)O[Si](C)(C)C. The molecule has 1 atom stereocenters. The lowest BCUT2D eigenvalue weighted by atomic mass is 10.5.